The molecule has 7 heterocycles. The Balaban J connectivity index is 1.07. The van der Waals surface area contributed by atoms with Crippen LogP contribution in [0.2, 0.25) is 0 Å². The van der Waals surface area contributed by atoms with Crippen molar-refractivity contribution in [1.82, 2.24) is 49.9 Å². The first-order valence-corrected chi connectivity index (χ1v) is 16.3. The number of fused-ring (bicyclic) bond motifs is 9. The molecule has 0 radical (unpaired) electrons. The molecule has 0 bridgehead atoms. The average molecular weight is 659 g/mol. The van der Waals surface area contributed by atoms with Crippen LogP contribution in [-0.2, 0) is 0 Å². The molecule has 51 heavy (non-hydrogen) atoms. The zero-order valence-corrected chi connectivity index (χ0v) is 26.6. The average Bonchev–Trinajstić information content (AvgIpc) is 3.85. The SMILES string of the molecule is c1ccc(-n2c3cc(-c4cnc5oc6ncc(-c7ccc8c9cnnnc9n(-c9ccccc9)c8c7)cc6c5c4)ccc3c3cnnnc32)cc1. The van der Waals surface area contributed by atoms with E-state index in [-0.39, 0.29) is 0 Å². The monoisotopic (exact) mass is 658 g/mol. The second-order valence-electron chi connectivity index (χ2n) is 12.4. The molecule has 0 aliphatic heterocycles. The van der Waals surface area contributed by atoms with Gasteiger partial charge in [-0.1, -0.05) is 60.7 Å². The second kappa shape index (κ2) is 10.5. The summed E-state index contributed by atoms with van der Waals surface area (Å²) in [5.41, 5.74) is 10.5. The molecule has 11 aromatic rings. The number of aromatic nitrogens is 10. The van der Waals surface area contributed by atoms with Gasteiger partial charge in [-0.05, 0) is 70.1 Å². The predicted octanol–water partition coefficient (Wildman–Crippen LogP) is 8.27. The Morgan fingerprint density at radius 3 is 1.35 bits per heavy atom. The van der Waals surface area contributed by atoms with Crippen LogP contribution in [-0.4, -0.2) is 49.9 Å². The fourth-order valence-corrected chi connectivity index (χ4v) is 7.25. The molecule has 11 rings (SSSR count). The van der Waals surface area contributed by atoms with E-state index in [1.54, 1.807) is 12.4 Å². The molecule has 238 valence electrons. The molecule has 0 aliphatic carbocycles. The third kappa shape index (κ3) is 4.12. The molecule has 0 fully saturated rings. The first-order valence-electron chi connectivity index (χ1n) is 16.3. The quantitative estimate of drug-likeness (QED) is 0.184. The molecular weight excluding hydrogens is 637 g/mol. The van der Waals surface area contributed by atoms with Crippen LogP contribution in [0.4, 0.5) is 0 Å². The van der Waals surface area contributed by atoms with Crippen molar-refractivity contribution >= 4 is 66.1 Å². The largest absolute Gasteiger partial charge is 0.419 e. The summed E-state index contributed by atoms with van der Waals surface area (Å²) in [6, 6.07) is 37.3. The van der Waals surface area contributed by atoms with Crippen LogP contribution in [0.1, 0.15) is 0 Å². The number of para-hydroxylation sites is 2. The maximum absolute atomic E-state index is 6.13. The van der Waals surface area contributed by atoms with Gasteiger partial charge in [0.1, 0.15) is 0 Å². The van der Waals surface area contributed by atoms with Gasteiger partial charge in [-0.15, -0.1) is 20.4 Å². The smallest absolute Gasteiger partial charge is 0.229 e. The lowest BCUT2D eigenvalue weighted by atomic mass is 10.0. The van der Waals surface area contributed by atoms with E-state index in [9.17, 15) is 0 Å². The summed E-state index contributed by atoms with van der Waals surface area (Å²) in [4.78, 5) is 9.49. The Hall–Kier alpha value is -7.40. The van der Waals surface area contributed by atoms with Gasteiger partial charge in [0, 0.05) is 56.4 Å². The van der Waals surface area contributed by atoms with Crippen molar-refractivity contribution in [2.75, 3.05) is 0 Å². The molecule has 4 aromatic carbocycles. The molecular formula is C40H22N10O. The molecule has 11 nitrogen and oxygen atoms in total. The molecule has 7 aromatic heterocycles. The highest BCUT2D eigenvalue weighted by molar-refractivity contribution is 6.10. The van der Waals surface area contributed by atoms with Crippen LogP contribution in [0.25, 0.3) is 99.7 Å². The highest BCUT2D eigenvalue weighted by Crippen LogP contribution is 2.38. The number of nitrogens with zero attached hydrogens (tertiary/aromatic N) is 10. The van der Waals surface area contributed by atoms with E-state index < -0.39 is 0 Å². The number of pyridine rings is 2. The molecule has 0 aliphatic rings. The van der Waals surface area contributed by atoms with E-state index >= 15 is 0 Å². The highest BCUT2D eigenvalue weighted by atomic mass is 16.3. The van der Waals surface area contributed by atoms with Crippen molar-refractivity contribution in [3.63, 3.8) is 0 Å². The first-order chi connectivity index (χ1) is 25.3. The Kier molecular flexibility index (Phi) is 5.70. The van der Waals surface area contributed by atoms with E-state index in [2.05, 4.69) is 113 Å². The summed E-state index contributed by atoms with van der Waals surface area (Å²) in [6.45, 7) is 0. The fraction of sp³-hybridized carbons (Fsp3) is 0. The molecule has 0 atom stereocenters. The summed E-state index contributed by atoms with van der Waals surface area (Å²) < 4.78 is 10.4. The molecule has 0 spiro atoms. The van der Waals surface area contributed by atoms with E-state index in [4.69, 9.17) is 14.4 Å². The molecule has 0 amide bonds. The van der Waals surface area contributed by atoms with E-state index in [0.29, 0.717) is 11.4 Å². The molecule has 0 saturated heterocycles. The normalized spacial score (nSPS) is 11.9. The Labute approximate surface area is 287 Å². The van der Waals surface area contributed by atoms with Crippen molar-refractivity contribution < 1.29 is 4.42 Å². The topological polar surface area (TPSA) is 126 Å². The van der Waals surface area contributed by atoms with Gasteiger partial charge in [-0.25, -0.2) is 9.97 Å². The molecule has 0 N–H and O–H groups in total. The lowest BCUT2D eigenvalue weighted by Crippen LogP contribution is -1.96. The van der Waals surface area contributed by atoms with Crippen molar-refractivity contribution in [2.24, 2.45) is 0 Å². The van der Waals surface area contributed by atoms with E-state index in [1.165, 1.54) is 0 Å². The first kappa shape index (κ1) is 27.5. The van der Waals surface area contributed by atoms with Crippen molar-refractivity contribution in [2.45, 2.75) is 0 Å². The van der Waals surface area contributed by atoms with Crippen LogP contribution >= 0.6 is 0 Å². The second-order valence-corrected chi connectivity index (χ2v) is 12.4. The lowest BCUT2D eigenvalue weighted by molar-refractivity contribution is 0.640. The van der Waals surface area contributed by atoms with Gasteiger partial charge in [-0.2, -0.15) is 0 Å². The van der Waals surface area contributed by atoms with Crippen molar-refractivity contribution in [1.29, 1.82) is 0 Å². The minimum Gasteiger partial charge on any atom is -0.419 e. The molecule has 0 saturated carbocycles. The summed E-state index contributed by atoms with van der Waals surface area (Å²) in [7, 11) is 0. The van der Waals surface area contributed by atoms with Crippen LogP contribution in [0.3, 0.4) is 0 Å². The van der Waals surface area contributed by atoms with Crippen LogP contribution in [0.15, 0.2) is 138 Å². The summed E-state index contributed by atoms with van der Waals surface area (Å²) in [6.07, 6.45) is 7.23. The fourth-order valence-electron chi connectivity index (χ4n) is 7.25. The Bertz CT molecular complexity index is 2940. The van der Waals surface area contributed by atoms with E-state index in [0.717, 1.165) is 88.3 Å². The standard InChI is InChI=1S/C40H22N10O/c1-3-7-27(8-4-1)49-35-17-23(11-13-29(35)33-21-43-47-45-37(33)49)25-15-31-32-16-26(20-42-40(32)51-39(31)41-19-25)24-12-14-30-34-22-44-48-46-38(34)50(36(30)18-24)28-9-5-2-6-10-28/h1-22H. The van der Waals surface area contributed by atoms with Gasteiger partial charge in [0.2, 0.25) is 11.4 Å². The number of rotatable bonds is 4. The third-order valence-corrected chi connectivity index (χ3v) is 9.60. The summed E-state index contributed by atoms with van der Waals surface area (Å²) >= 11 is 0. The summed E-state index contributed by atoms with van der Waals surface area (Å²) in [5, 5.41) is 30.6. The Morgan fingerprint density at radius 2 is 0.882 bits per heavy atom. The number of hydrogen-bond donors (Lipinski definition) is 0. The number of furan rings is 1. The van der Waals surface area contributed by atoms with Crippen molar-refractivity contribution in [3.05, 3.63) is 134 Å². The van der Waals surface area contributed by atoms with E-state index in [1.807, 2.05) is 48.8 Å². The van der Waals surface area contributed by atoms with Crippen molar-refractivity contribution in [3.8, 4) is 33.6 Å². The Morgan fingerprint density at radius 1 is 0.412 bits per heavy atom. The lowest BCUT2D eigenvalue weighted by Gasteiger charge is -2.08. The number of hydrogen-bond acceptors (Lipinski definition) is 9. The summed E-state index contributed by atoms with van der Waals surface area (Å²) in [5.74, 6) is 0. The zero-order chi connectivity index (χ0) is 33.5. The minimum atomic E-state index is 0.532. The third-order valence-electron chi connectivity index (χ3n) is 9.60. The van der Waals surface area contributed by atoms with Gasteiger partial charge in [0.05, 0.1) is 34.2 Å². The van der Waals surface area contributed by atoms with Crippen LogP contribution < -0.4 is 0 Å². The number of benzene rings is 4. The van der Waals surface area contributed by atoms with Gasteiger partial charge in [0.25, 0.3) is 0 Å². The maximum Gasteiger partial charge on any atom is 0.229 e. The van der Waals surface area contributed by atoms with Gasteiger partial charge in [-0.3, -0.25) is 9.13 Å². The predicted molar refractivity (Wildman–Crippen MR) is 196 cm³/mol. The van der Waals surface area contributed by atoms with Gasteiger partial charge in [0.15, 0.2) is 11.3 Å². The van der Waals surface area contributed by atoms with Crippen LogP contribution in [0, 0.1) is 0 Å². The van der Waals surface area contributed by atoms with Crippen LogP contribution in [0.5, 0.6) is 0 Å². The van der Waals surface area contributed by atoms with Gasteiger partial charge >= 0.3 is 0 Å². The molecule has 0 unspecified atom stereocenters. The zero-order valence-electron chi connectivity index (χ0n) is 26.6. The van der Waals surface area contributed by atoms with Gasteiger partial charge < -0.3 is 4.42 Å². The molecule has 11 heteroatoms. The minimum absolute atomic E-state index is 0.532. The maximum atomic E-state index is 6.13. The highest BCUT2D eigenvalue weighted by Gasteiger charge is 2.18.